The second kappa shape index (κ2) is 11.7. The quantitative estimate of drug-likeness (QED) is 0.508. The van der Waals surface area contributed by atoms with Crippen LogP contribution in [-0.4, -0.2) is 54.2 Å². The Morgan fingerprint density at radius 2 is 1.62 bits per heavy atom. The number of nitrogens with one attached hydrogen (secondary N) is 1. The fourth-order valence-electron chi connectivity index (χ4n) is 4.61. The van der Waals surface area contributed by atoms with Gasteiger partial charge in [0, 0.05) is 25.6 Å². The van der Waals surface area contributed by atoms with Crippen molar-refractivity contribution in [1.29, 1.82) is 0 Å². The Balaban J connectivity index is 1.60. The largest absolute Gasteiger partial charge is 0.481 e. The Morgan fingerprint density at radius 1 is 1.03 bits per heavy atom. The Labute approximate surface area is 201 Å². The van der Waals surface area contributed by atoms with Crippen LogP contribution in [0.1, 0.15) is 50.7 Å². The van der Waals surface area contributed by atoms with Crippen LogP contribution in [0.2, 0.25) is 0 Å². The number of ether oxygens (including phenoxy) is 1. The van der Waals surface area contributed by atoms with Gasteiger partial charge in [0.25, 0.3) is 0 Å². The van der Waals surface area contributed by atoms with Crippen molar-refractivity contribution in [3.63, 3.8) is 0 Å². The van der Waals surface area contributed by atoms with Gasteiger partial charge in [-0.05, 0) is 41.5 Å². The minimum Gasteiger partial charge on any atom is -0.481 e. The average Bonchev–Trinajstić information content (AvgIpc) is 3.14. The molecule has 0 aliphatic heterocycles. The van der Waals surface area contributed by atoms with Crippen molar-refractivity contribution in [3.05, 3.63) is 59.7 Å². The molecule has 2 N–H and O–H groups in total. The Morgan fingerprint density at radius 3 is 2.15 bits per heavy atom. The van der Waals surface area contributed by atoms with E-state index in [1.807, 2.05) is 45.0 Å². The second-order valence-corrected chi connectivity index (χ2v) is 9.09. The first-order valence-corrected chi connectivity index (χ1v) is 11.9. The van der Waals surface area contributed by atoms with Crippen molar-refractivity contribution in [2.75, 3.05) is 26.2 Å². The van der Waals surface area contributed by atoms with Crippen molar-refractivity contribution in [3.8, 4) is 11.1 Å². The summed E-state index contributed by atoms with van der Waals surface area (Å²) in [5, 5.41) is 11.7. The number of rotatable bonds is 11. The zero-order valence-corrected chi connectivity index (χ0v) is 20.1. The number of amides is 2. The molecule has 1 atom stereocenters. The highest BCUT2D eigenvalue weighted by Crippen LogP contribution is 2.44. The first-order chi connectivity index (χ1) is 16.3. The molecule has 7 nitrogen and oxygen atoms in total. The van der Waals surface area contributed by atoms with Crippen LogP contribution in [0, 0.1) is 11.8 Å². The zero-order chi connectivity index (χ0) is 24.7. The van der Waals surface area contributed by atoms with Gasteiger partial charge in [-0.2, -0.15) is 0 Å². The summed E-state index contributed by atoms with van der Waals surface area (Å²) in [4.78, 5) is 38.0. The van der Waals surface area contributed by atoms with Gasteiger partial charge in [-0.3, -0.25) is 9.59 Å². The highest BCUT2D eigenvalue weighted by molar-refractivity contribution is 5.81. The maximum atomic E-state index is 13.0. The normalized spacial score (nSPS) is 13.2. The van der Waals surface area contributed by atoms with E-state index < -0.39 is 18.0 Å². The molecule has 1 aliphatic carbocycles. The number of hydrogen-bond donors (Lipinski definition) is 2. The van der Waals surface area contributed by atoms with Crippen molar-refractivity contribution < 1.29 is 24.2 Å². The van der Waals surface area contributed by atoms with E-state index in [1.165, 1.54) is 0 Å². The Kier molecular flexibility index (Phi) is 8.68. The molecule has 182 valence electrons. The van der Waals surface area contributed by atoms with Crippen molar-refractivity contribution in [1.82, 2.24) is 10.2 Å². The Bertz CT molecular complexity index is 974. The molecule has 2 aromatic rings. The molecule has 0 bridgehead atoms. The number of carboxylic acid groups (broad SMARTS) is 1. The second-order valence-electron chi connectivity index (χ2n) is 9.09. The van der Waals surface area contributed by atoms with Gasteiger partial charge < -0.3 is 20.1 Å². The molecule has 2 aromatic carbocycles. The lowest BCUT2D eigenvalue weighted by molar-refractivity contribution is -0.139. The smallest absolute Gasteiger partial charge is 0.407 e. The molecular weight excluding hydrogens is 432 g/mol. The standard InChI is InChI=1S/C27H34N2O5/c1-4-29(14-13-25(30)31)26(32)19(15-18(2)3)16-28-27(33)34-17-24-22-11-7-5-9-20(22)21-10-6-8-12-23(21)24/h5-12,18-19,24H,4,13-17H2,1-3H3,(H,28,33)(H,30,31). The topological polar surface area (TPSA) is 95.9 Å². The molecule has 0 radical (unpaired) electrons. The number of alkyl carbamates (subject to hydrolysis) is 1. The van der Waals surface area contributed by atoms with Gasteiger partial charge in [0.15, 0.2) is 0 Å². The number of hydrogen-bond acceptors (Lipinski definition) is 4. The lowest BCUT2D eigenvalue weighted by Crippen LogP contribution is -2.43. The third-order valence-corrected chi connectivity index (χ3v) is 6.23. The van der Waals surface area contributed by atoms with Gasteiger partial charge >= 0.3 is 12.1 Å². The highest BCUT2D eigenvalue weighted by atomic mass is 16.5. The van der Waals surface area contributed by atoms with Crippen LogP contribution in [0.5, 0.6) is 0 Å². The lowest BCUT2D eigenvalue weighted by atomic mass is 9.95. The number of aliphatic carboxylic acids is 1. The predicted molar refractivity (Wildman–Crippen MR) is 131 cm³/mol. The fraction of sp³-hybridized carbons (Fsp3) is 0.444. The molecule has 0 saturated carbocycles. The third kappa shape index (κ3) is 6.16. The first kappa shape index (κ1) is 25.3. The molecular formula is C27H34N2O5. The minimum absolute atomic E-state index is 0.0298. The van der Waals surface area contributed by atoms with Gasteiger partial charge in [-0.1, -0.05) is 62.4 Å². The average molecular weight is 467 g/mol. The summed E-state index contributed by atoms with van der Waals surface area (Å²) in [6.45, 7) is 6.79. The summed E-state index contributed by atoms with van der Waals surface area (Å²) in [5.41, 5.74) is 4.61. The molecule has 34 heavy (non-hydrogen) atoms. The van der Waals surface area contributed by atoms with E-state index >= 15 is 0 Å². The number of carboxylic acids is 1. The summed E-state index contributed by atoms with van der Waals surface area (Å²) in [7, 11) is 0. The van der Waals surface area contributed by atoms with Crippen molar-refractivity contribution in [2.45, 2.75) is 39.5 Å². The summed E-state index contributed by atoms with van der Waals surface area (Å²) >= 11 is 0. The number of fused-ring (bicyclic) bond motifs is 3. The van der Waals surface area contributed by atoms with Crippen LogP contribution in [0.15, 0.2) is 48.5 Å². The zero-order valence-electron chi connectivity index (χ0n) is 20.1. The monoisotopic (exact) mass is 466 g/mol. The van der Waals surface area contributed by atoms with Crippen LogP contribution in [0.3, 0.4) is 0 Å². The third-order valence-electron chi connectivity index (χ3n) is 6.23. The number of carbonyl (C=O) groups excluding carboxylic acids is 2. The van der Waals surface area contributed by atoms with Gasteiger partial charge in [0.1, 0.15) is 6.61 Å². The predicted octanol–water partition coefficient (Wildman–Crippen LogP) is 4.51. The molecule has 0 saturated heterocycles. The van der Waals surface area contributed by atoms with Crippen LogP contribution in [-0.2, 0) is 14.3 Å². The van der Waals surface area contributed by atoms with Crippen molar-refractivity contribution in [2.24, 2.45) is 11.8 Å². The molecule has 0 spiro atoms. The SMILES string of the molecule is CCN(CCC(=O)O)C(=O)C(CNC(=O)OCC1c2ccccc2-c2ccccc21)CC(C)C. The summed E-state index contributed by atoms with van der Waals surface area (Å²) < 4.78 is 5.59. The summed E-state index contributed by atoms with van der Waals surface area (Å²) in [6, 6.07) is 16.3. The van der Waals surface area contributed by atoms with E-state index in [9.17, 15) is 14.4 Å². The van der Waals surface area contributed by atoms with E-state index in [0.717, 1.165) is 22.3 Å². The van der Waals surface area contributed by atoms with Crippen molar-refractivity contribution >= 4 is 18.0 Å². The molecule has 1 aliphatic rings. The van der Waals surface area contributed by atoms with E-state index in [1.54, 1.807) is 4.90 Å². The lowest BCUT2D eigenvalue weighted by Gasteiger charge is -2.27. The Hall–Kier alpha value is -3.35. The van der Waals surface area contributed by atoms with Gasteiger partial charge in [0.05, 0.1) is 12.3 Å². The molecule has 3 rings (SSSR count). The van der Waals surface area contributed by atoms with E-state index in [2.05, 4.69) is 29.6 Å². The molecule has 0 heterocycles. The summed E-state index contributed by atoms with van der Waals surface area (Å²) in [5.74, 6) is -1.30. The van der Waals surface area contributed by atoms with Crippen LogP contribution < -0.4 is 5.32 Å². The molecule has 0 fully saturated rings. The molecule has 1 unspecified atom stereocenters. The van der Waals surface area contributed by atoms with Gasteiger partial charge in [-0.15, -0.1) is 0 Å². The first-order valence-electron chi connectivity index (χ1n) is 11.9. The fourth-order valence-corrected chi connectivity index (χ4v) is 4.61. The number of benzene rings is 2. The molecule has 0 aromatic heterocycles. The highest BCUT2D eigenvalue weighted by Gasteiger charge is 2.30. The number of carbonyl (C=O) groups is 3. The number of nitrogens with zero attached hydrogens (tertiary/aromatic N) is 1. The van der Waals surface area contributed by atoms with Crippen LogP contribution >= 0.6 is 0 Å². The van der Waals surface area contributed by atoms with E-state index in [-0.39, 0.29) is 43.9 Å². The van der Waals surface area contributed by atoms with Gasteiger partial charge in [-0.25, -0.2) is 4.79 Å². The molecule has 7 heteroatoms. The van der Waals surface area contributed by atoms with Crippen LogP contribution in [0.4, 0.5) is 4.79 Å². The van der Waals surface area contributed by atoms with E-state index in [4.69, 9.17) is 9.84 Å². The molecule has 2 amide bonds. The maximum Gasteiger partial charge on any atom is 0.407 e. The van der Waals surface area contributed by atoms with Crippen LogP contribution in [0.25, 0.3) is 11.1 Å². The minimum atomic E-state index is -0.941. The van der Waals surface area contributed by atoms with E-state index in [0.29, 0.717) is 13.0 Å². The van der Waals surface area contributed by atoms with Gasteiger partial charge in [0.2, 0.25) is 5.91 Å². The maximum absolute atomic E-state index is 13.0. The summed E-state index contributed by atoms with van der Waals surface area (Å²) in [6.07, 6.45) is -0.0724.